The normalized spacial score (nSPS) is 12.6. The van der Waals surface area contributed by atoms with Gasteiger partial charge in [-0.2, -0.15) is 0 Å². The van der Waals surface area contributed by atoms with Crippen molar-refractivity contribution in [3.05, 3.63) is 29.3 Å². The minimum absolute atomic E-state index is 0.00110. The molecular weight excluding hydrogens is 232 g/mol. The second kappa shape index (κ2) is 4.87. The summed E-state index contributed by atoms with van der Waals surface area (Å²) >= 11 is 5.92. The van der Waals surface area contributed by atoms with Crippen molar-refractivity contribution in [3.8, 4) is 0 Å². The molecule has 0 amide bonds. The van der Waals surface area contributed by atoms with E-state index in [1.807, 2.05) is 24.3 Å². The number of anilines is 1. The number of hydrazine groups is 1. The molecule has 0 aliphatic carbocycles. The van der Waals surface area contributed by atoms with Crippen LogP contribution in [0.15, 0.2) is 24.3 Å². The first-order valence-corrected chi connectivity index (χ1v) is 6.31. The van der Waals surface area contributed by atoms with Gasteiger partial charge in [0.15, 0.2) is 0 Å². The van der Waals surface area contributed by atoms with E-state index >= 15 is 0 Å². The number of rotatable bonds is 2. The zero-order valence-corrected chi connectivity index (χ0v) is 12.4. The molecule has 17 heavy (non-hydrogen) atoms. The van der Waals surface area contributed by atoms with Crippen LogP contribution in [0.5, 0.6) is 0 Å². The number of benzene rings is 1. The van der Waals surface area contributed by atoms with E-state index < -0.39 is 0 Å². The molecule has 0 heterocycles. The molecule has 96 valence electrons. The smallest absolute Gasteiger partial charge is 0.0527 e. The Balaban J connectivity index is 3.03. The van der Waals surface area contributed by atoms with Crippen LogP contribution in [0.3, 0.4) is 0 Å². The third kappa shape index (κ3) is 4.57. The minimum atomic E-state index is 0.00110. The molecule has 0 aliphatic rings. The maximum absolute atomic E-state index is 5.92. The monoisotopic (exact) mass is 254 g/mol. The highest BCUT2D eigenvalue weighted by Crippen LogP contribution is 2.24. The van der Waals surface area contributed by atoms with Crippen molar-refractivity contribution in [2.75, 3.05) is 5.01 Å². The molecule has 0 unspecified atom stereocenters. The highest BCUT2D eigenvalue weighted by molar-refractivity contribution is 6.30. The van der Waals surface area contributed by atoms with Crippen LogP contribution in [0.2, 0.25) is 5.02 Å². The summed E-state index contributed by atoms with van der Waals surface area (Å²) in [6.45, 7) is 13.0. The summed E-state index contributed by atoms with van der Waals surface area (Å²) in [6.07, 6.45) is 0. The van der Waals surface area contributed by atoms with Gasteiger partial charge in [0.25, 0.3) is 0 Å². The van der Waals surface area contributed by atoms with Gasteiger partial charge in [-0.15, -0.1) is 0 Å². The third-order valence-electron chi connectivity index (χ3n) is 2.20. The summed E-state index contributed by atoms with van der Waals surface area (Å²) < 4.78 is 0. The molecular formula is C14H23ClN2. The fourth-order valence-electron chi connectivity index (χ4n) is 1.55. The van der Waals surface area contributed by atoms with Gasteiger partial charge in [0.2, 0.25) is 0 Å². The first-order valence-electron chi connectivity index (χ1n) is 5.93. The van der Waals surface area contributed by atoms with Crippen LogP contribution in [-0.2, 0) is 0 Å². The van der Waals surface area contributed by atoms with Gasteiger partial charge in [-0.1, -0.05) is 11.6 Å². The molecule has 1 aromatic carbocycles. The van der Waals surface area contributed by atoms with E-state index in [4.69, 9.17) is 11.6 Å². The second-order valence-corrected chi connectivity index (χ2v) is 6.78. The first kappa shape index (κ1) is 14.3. The van der Waals surface area contributed by atoms with Crippen LogP contribution in [0.4, 0.5) is 5.69 Å². The van der Waals surface area contributed by atoms with E-state index in [2.05, 4.69) is 52.0 Å². The molecule has 0 bridgehead atoms. The Bertz CT molecular complexity index is 357. The van der Waals surface area contributed by atoms with Crippen molar-refractivity contribution in [2.24, 2.45) is 0 Å². The number of halogens is 1. The molecule has 0 spiro atoms. The molecule has 1 N–H and O–H groups in total. The van der Waals surface area contributed by atoms with Gasteiger partial charge in [-0.3, -0.25) is 0 Å². The second-order valence-electron chi connectivity index (χ2n) is 6.34. The predicted octanol–water partition coefficient (Wildman–Crippen LogP) is 4.25. The van der Waals surface area contributed by atoms with E-state index in [0.717, 1.165) is 10.7 Å². The van der Waals surface area contributed by atoms with Crippen molar-refractivity contribution in [3.63, 3.8) is 0 Å². The van der Waals surface area contributed by atoms with Crippen LogP contribution in [0, 0.1) is 0 Å². The van der Waals surface area contributed by atoms with Gasteiger partial charge >= 0.3 is 0 Å². The Kier molecular flexibility index (Phi) is 4.11. The van der Waals surface area contributed by atoms with Crippen molar-refractivity contribution < 1.29 is 0 Å². The van der Waals surface area contributed by atoms with Crippen LogP contribution in [-0.4, -0.2) is 11.1 Å². The summed E-state index contributed by atoms with van der Waals surface area (Å²) in [4.78, 5) is 0. The van der Waals surface area contributed by atoms with E-state index in [0.29, 0.717) is 0 Å². The number of nitrogens with zero attached hydrogens (tertiary/aromatic N) is 1. The number of hydrogen-bond acceptors (Lipinski definition) is 2. The zero-order chi connectivity index (χ0) is 13.3. The molecule has 1 aromatic rings. The van der Waals surface area contributed by atoms with E-state index in [1.54, 1.807) is 0 Å². The average Bonchev–Trinajstić information content (AvgIpc) is 2.13. The average molecular weight is 255 g/mol. The van der Waals surface area contributed by atoms with Crippen molar-refractivity contribution in [2.45, 2.75) is 52.6 Å². The van der Waals surface area contributed by atoms with Gasteiger partial charge < -0.3 is 5.01 Å². The first-order chi connectivity index (χ1) is 7.59. The summed E-state index contributed by atoms with van der Waals surface area (Å²) in [6, 6.07) is 7.90. The molecule has 1 rings (SSSR count). The molecule has 0 aliphatic heterocycles. The maximum Gasteiger partial charge on any atom is 0.0527 e. The lowest BCUT2D eigenvalue weighted by molar-refractivity contribution is 0.338. The molecule has 0 saturated heterocycles. The van der Waals surface area contributed by atoms with E-state index in [1.165, 1.54) is 0 Å². The molecule has 0 fully saturated rings. The fraction of sp³-hybridized carbons (Fsp3) is 0.571. The molecule has 0 atom stereocenters. The molecule has 0 aromatic heterocycles. The standard InChI is InChI=1S/C14H23ClN2/c1-13(2,3)16-17(14(4,5)6)12-9-7-11(15)8-10-12/h7-10,16H,1-6H3. The van der Waals surface area contributed by atoms with E-state index in [-0.39, 0.29) is 11.1 Å². The van der Waals surface area contributed by atoms with Gasteiger partial charge in [-0.05, 0) is 65.8 Å². The fourth-order valence-corrected chi connectivity index (χ4v) is 1.67. The maximum atomic E-state index is 5.92. The van der Waals surface area contributed by atoms with E-state index in [9.17, 15) is 0 Å². The summed E-state index contributed by atoms with van der Waals surface area (Å²) in [5.41, 5.74) is 4.67. The Labute approximate surface area is 110 Å². The summed E-state index contributed by atoms with van der Waals surface area (Å²) in [5, 5.41) is 2.95. The lowest BCUT2D eigenvalue weighted by Crippen LogP contribution is -2.57. The van der Waals surface area contributed by atoms with Crippen molar-refractivity contribution in [1.29, 1.82) is 0 Å². The largest absolute Gasteiger partial charge is 0.303 e. The topological polar surface area (TPSA) is 15.3 Å². The zero-order valence-electron chi connectivity index (χ0n) is 11.6. The highest BCUT2D eigenvalue weighted by atomic mass is 35.5. The van der Waals surface area contributed by atoms with Crippen LogP contribution < -0.4 is 10.4 Å². The Hall–Kier alpha value is -0.730. The molecule has 3 heteroatoms. The van der Waals surface area contributed by atoms with Crippen LogP contribution in [0.1, 0.15) is 41.5 Å². The van der Waals surface area contributed by atoms with Crippen LogP contribution >= 0.6 is 11.6 Å². The quantitative estimate of drug-likeness (QED) is 0.794. The SMILES string of the molecule is CC(C)(C)NN(c1ccc(Cl)cc1)C(C)(C)C. The Morgan fingerprint density at radius 3 is 1.76 bits per heavy atom. The summed E-state index contributed by atoms with van der Waals surface area (Å²) in [5.74, 6) is 0. The number of nitrogens with one attached hydrogen (secondary N) is 1. The molecule has 0 saturated carbocycles. The third-order valence-corrected chi connectivity index (χ3v) is 2.45. The van der Waals surface area contributed by atoms with Crippen molar-refractivity contribution in [1.82, 2.24) is 5.43 Å². The predicted molar refractivity (Wildman–Crippen MR) is 76.6 cm³/mol. The molecule has 2 nitrogen and oxygen atoms in total. The Morgan fingerprint density at radius 1 is 0.941 bits per heavy atom. The number of hydrogen-bond donors (Lipinski definition) is 1. The van der Waals surface area contributed by atoms with Gasteiger partial charge in [0, 0.05) is 16.1 Å². The Morgan fingerprint density at radius 2 is 1.41 bits per heavy atom. The molecule has 0 radical (unpaired) electrons. The highest BCUT2D eigenvalue weighted by Gasteiger charge is 2.25. The minimum Gasteiger partial charge on any atom is -0.303 e. The lowest BCUT2D eigenvalue weighted by atomic mass is 10.1. The van der Waals surface area contributed by atoms with Crippen molar-refractivity contribution >= 4 is 17.3 Å². The summed E-state index contributed by atoms with van der Waals surface area (Å²) in [7, 11) is 0. The van der Waals surface area contributed by atoms with Gasteiger partial charge in [0.1, 0.15) is 0 Å². The van der Waals surface area contributed by atoms with Gasteiger partial charge in [0.05, 0.1) is 5.69 Å². The lowest BCUT2D eigenvalue weighted by Gasteiger charge is -2.42. The van der Waals surface area contributed by atoms with Crippen LogP contribution in [0.25, 0.3) is 0 Å². The van der Waals surface area contributed by atoms with Gasteiger partial charge in [-0.25, -0.2) is 5.43 Å².